The second-order valence-corrected chi connectivity index (χ2v) is 8.98. The Morgan fingerprint density at radius 1 is 0.793 bits per heavy atom. The van der Waals surface area contributed by atoms with Gasteiger partial charge in [0.1, 0.15) is 0 Å². The van der Waals surface area contributed by atoms with Gasteiger partial charge >= 0.3 is 35.5 Å². The molecule has 0 aliphatic heterocycles. The van der Waals surface area contributed by atoms with E-state index in [1.165, 1.54) is 83.5 Å². The van der Waals surface area contributed by atoms with Gasteiger partial charge in [0.2, 0.25) is 0 Å². The number of hydrogen-bond donors (Lipinski definition) is 2. The van der Waals surface area contributed by atoms with Crippen LogP contribution in [0.2, 0.25) is 0 Å². The minimum atomic E-state index is -4.00. The summed E-state index contributed by atoms with van der Waals surface area (Å²) in [6.45, 7) is 2.50. The molecule has 0 unspecified atom stereocenters. The van der Waals surface area contributed by atoms with Gasteiger partial charge in [-0.05, 0) is 13.5 Å². The fourth-order valence-corrected chi connectivity index (χ4v) is 3.33. The number of aliphatic carboxylic acids is 1. The van der Waals surface area contributed by atoms with E-state index in [9.17, 15) is 17.8 Å². The van der Waals surface area contributed by atoms with Crippen molar-refractivity contribution in [2.24, 2.45) is 0 Å². The van der Waals surface area contributed by atoms with E-state index in [2.05, 4.69) is 12.2 Å². The number of carbonyl (C=O) groups is 1. The topological polar surface area (TPSA) is 107 Å². The Morgan fingerprint density at radius 3 is 1.38 bits per heavy atom. The first-order chi connectivity index (χ1) is 13.3. The third-order valence-electron chi connectivity index (χ3n) is 4.60. The normalized spacial score (nSPS) is 10.7. The summed E-state index contributed by atoms with van der Waals surface area (Å²) < 4.78 is 29.4. The first-order valence-corrected chi connectivity index (χ1v) is 12.7. The summed E-state index contributed by atoms with van der Waals surface area (Å²) in [4.78, 5) is 10.3. The molecule has 29 heavy (non-hydrogen) atoms. The second-order valence-electron chi connectivity index (χ2n) is 7.46. The first kappa shape index (κ1) is 34.0. The molecule has 0 spiro atoms. The molecule has 0 rings (SSSR count). The maximum Gasteiger partial charge on any atom is 1.00 e. The van der Waals surface area contributed by atoms with Gasteiger partial charge < -0.3 is 15.0 Å². The summed E-state index contributed by atoms with van der Waals surface area (Å²) in [6, 6.07) is 0. The summed E-state index contributed by atoms with van der Waals surface area (Å²) in [7, 11) is -2.41. The minimum Gasteiger partial charge on any atom is -0.748 e. The number of carboxylic acids is 1. The first-order valence-electron chi connectivity index (χ1n) is 11.1. The number of carboxylic acid groups (broad SMARTS) is 1. The Bertz CT molecular complexity index is 433. The molecular weight excluding hydrogens is 401 g/mol. The van der Waals surface area contributed by atoms with Crippen LogP contribution in [-0.2, 0) is 14.9 Å². The zero-order valence-corrected chi connectivity index (χ0v) is 22.0. The molecule has 0 atom stereocenters. The van der Waals surface area contributed by atoms with E-state index in [1.54, 1.807) is 7.05 Å². The van der Waals surface area contributed by atoms with Crippen molar-refractivity contribution in [1.29, 1.82) is 0 Å². The third kappa shape index (κ3) is 39.4. The van der Waals surface area contributed by atoms with E-state index in [1.807, 2.05) is 0 Å². The Labute approximate surface area is 202 Å². The zero-order valence-electron chi connectivity index (χ0n) is 19.2. The fraction of sp³-hybridized carbons (Fsp3) is 0.952. The van der Waals surface area contributed by atoms with Gasteiger partial charge in [-0.25, -0.2) is 8.42 Å². The number of hydrogen-bond acceptors (Lipinski definition) is 5. The average molecular weight is 446 g/mol. The summed E-state index contributed by atoms with van der Waals surface area (Å²) in [6.07, 6.45) is 20.2. The van der Waals surface area contributed by atoms with E-state index in [4.69, 9.17) is 5.11 Å². The molecule has 0 aromatic carbocycles. The molecule has 0 heterocycles. The molecule has 6 nitrogen and oxygen atoms in total. The fourth-order valence-electron chi connectivity index (χ4n) is 2.87. The van der Waals surface area contributed by atoms with Gasteiger partial charge in [-0.15, -0.1) is 0 Å². The van der Waals surface area contributed by atoms with Crippen molar-refractivity contribution >= 4 is 16.1 Å². The molecule has 0 saturated carbocycles. The van der Waals surface area contributed by atoms with E-state index in [0.717, 1.165) is 12.8 Å². The van der Waals surface area contributed by atoms with E-state index in [-0.39, 0.29) is 41.9 Å². The Balaban J connectivity index is -0.000000636. The van der Waals surface area contributed by atoms with Gasteiger partial charge in [-0.3, -0.25) is 4.79 Å². The molecular formula is C21H44NNaO5S. The molecule has 0 radical (unpaired) electrons. The van der Waals surface area contributed by atoms with Crippen LogP contribution in [-0.4, -0.2) is 43.4 Å². The quantitative estimate of drug-likeness (QED) is 0.179. The maximum absolute atomic E-state index is 10.3. The van der Waals surface area contributed by atoms with Crippen LogP contribution >= 0.6 is 0 Å². The molecule has 0 aliphatic carbocycles. The van der Waals surface area contributed by atoms with Crippen LogP contribution < -0.4 is 34.9 Å². The van der Waals surface area contributed by atoms with Crippen molar-refractivity contribution in [3.8, 4) is 0 Å². The van der Waals surface area contributed by atoms with Gasteiger partial charge in [0, 0.05) is 13.0 Å². The van der Waals surface area contributed by atoms with Crippen molar-refractivity contribution in [2.45, 2.75) is 110 Å². The Hall–Kier alpha value is 0.340. The Kier molecular flexibility index (Phi) is 30.9. The SMILES string of the molecule is CCCCCCCCCCCCCCCCCC(=O)O.CNCCS(=O)(=O)[O-].[Na+]. The molecule has 170 valence electrons. The number of nitrogens with one attached hydrogen (secondary N) is 1. The van der Waals surface area contributed by atoms with Crippen LogP contribution in [0.5, 0.6) is 0 Å². The van der Waals surface area contributed by atoms with E-state index in [0.29, 0.717) is 6.42 Å². The van der Waals surface area contributed by atoms with Crippen molar-refractivity contribution in [3.05, 3.63) is 0 Å². The third-order valence-corrected chi connectivity index (χ3v) is 5.30. The molecule has 0 saturated heterocycles. The molecule has 0 fully saturated rings. The predicted octanol–water partition coefficient (Wildman–Crippen LogP) is 2.09. The predicted molar refractivity (Wildman–Crippen MR) is 116 cm³/mol. The Morgan fingerprint density at radius 2 is 1.14 bits per heavy atom. The van der Waals surface area contributed by atoms with Crippen molar-refractivity contribution < 1.29 is 52.4 Å². The molecule has 0 bridgehead atoms. The largest absolute Gasteiger partial charge is 1.00 e. The van der Waals surface area contributed by atoms with E-state index < -0.39 is 16.1 Å². The van der Waals surface area contributed by atoms with Crippen molar-refractivity contribution in [2.75, 3.05) is 19.3 Å². The molecule has 8 heteroatoms. The molecule has 2 N–H and O–H groups in total. The van der Waals surface area contributed by atoms with Gasteiger partial charge in [-0.1, -0.05) is 96.8 Å². The molecule has 0 aromatic heterocycles. The summed E-state index contributed by atoms with van der Waals surface area (Å²) in [5.41, 5.74) is 0. The molecule has 0 amide bonds. The maximum atomic E-state index is 10.3. The zero-order chi connectivity index (χ0) is 21.5. The monoisotopic (exact) mass is 445 g/mol. The summed E-state index contributed by atoms with van der Waals surface area (Å²) in [5.74, 6) is -0.983. The van der Waals surface area contributed by atoms with Gasteiger partial charge in [0.15, 0.2) is 0 Å². The van der Waals surface area contributed by atoms with Crippen molar-refractivity contribution in [3.63, 3.8) is 0 Å². The molecule has 0 aliphatic rings. The summed E-state index contributed by atoms with van der Waals surface area (Å²) >= 11 is 0. The van der Waals surface area contributed by atoms with E-state index >= 15 is 0 Å². The minimum absolute atomic E-state index is 0. The number of rotatable bonds is 19. The van der Waals surface area contributed by atoms with Crippen LogP contribution in [0.3, 0.4) is 0 Å². The number of unbranched alkanes of at least 4 members (excludes halogenated alkanes) is 14. The second kappa shape index (κ2) is 26.4. The van der Waals surface area contributed by atoms with Crippen molar-refractivity contribution in [1.82, 2.24) is 5.32 Å². The van der Waals surface area contributed by atoms with Crippen LogP contribution in [0.15, 0.2) is 0 Å². The smallest absolute Gasteiger partial charge is 0.748 e. The summed E-state index contributed by atoms with van der Waals surface area (Å²) in [5, 5.41) is 11.1. The van der Waals surface area contributed by atoms with Gasteiger partial charge in [-0.2, -0.15) is 0 Å². The van der Waals surface area contributed by atoms with Gasteiger partial charge in [0.05, 0.1) is 15.9 Å². The van der Waals surface area contributed by atoms with Gasteiger partial charge in [0.25, 0.3) is 0 Å². The molecule has 0 aromatic rings. The van der Waals surface area contributed by atoms with Crippen LogP contribution in [0, 0.1) is 0 Å². The average Bonchev–Trinajstić information content (AvgIpc) is 2.63. The standard InChI is InChI=1S/C18H36O2.C3H9NO3S.Na/c1-2-3-4-5-6-7-8-9-10-11-12-13-14-15-16-17-18(19)20;1-4-2-3-8(5,6)7;/h2-17H2,1H3,(H,19,20);4H,2-3H2,1H3,(H,5,6,7);/q;;+1/p-1. The van der Waals surface area contributed by atoms with Crippen LogP contribution in [0.1, 0.15) is 110 Å². The van der Waals surface area contributed by atoms with Crippen LogP contribution in [0.4, 0.5) is 0 Å². The van der Waals surface area contributed by atoms with Crippen LogP contribution in [0.25, 0.3) is 0 Å².